The molecule has 2 N–H and O–H groups in total. The third-order valence-corrected chi connectivity index (χ3v) is 3.60. The fraction of sp³-hybridized carbons (Fsp3) is 0.571. The van der Waals surface area contributed by atoms with Crippen molar-refractivity contribution in [2.45, 2.75) is 32.0 Å². The second kappa shape index (κ2) is 7.03. The van der Waals surface area contributed by atoms with Gasteiger partial charge in [0.2, 0.25) is 0 Å². The van der Waals surface area contributed by atoms with Gasteiger partial charge in [-0.25, -0.2) is 4.79 Å². The molecule has 1 aliphatic rings. The van der Waals surface area contributed by atoms with Crippen LogP contribution in [0, 0.1) is 0 Å². The number of aromatic amines is 1. The lowest BCUT2D eigenvalue weighted by atomic mass is 10.1. The zero-order valence-corrected chi connectivity index (χ0v) is 12.6. The molecule has 1 aromatic rings. The van der Waals surface area contributed by atoms with Crippen LogP contribution >= 0.6 is 0 Å². The van der Waals surface area contributed by atoms with E-state index in [1.807, 2.05) is 11.9 Å². The number of nitrogens with one attached hydrogen (secondary N) is 2. The molecule has 9 heteroatoms. The number of ether oxygens (including phenoxy) is 1. The number of hydrogen-bond acceptors (Lipinski definition) is 3. The molecule has 0 bridgehead atoms. The Hall–Kier alpha value is -2.03. The molecule has 0 radical (unpaired) electrons. The van der Waals surface area contributed by atoms with E-state index >= 15 is 0 Å². The molecule has 0 atom stereocenters. The first-order valence-electron chi connectivity index (χ1n) is 7.28. The number of carbonyl (C=O) groups excluding carboxylic acids is 1. The van der Waals surface area contributed by atoms with E-state index in [0.717, 1.165) is 0 Å². The summed E-state index contributed by atoms with van der Waals surface area (Å²) in [6.45, 7) is 3.33. The van der Waals surface area contributed by atoms with Crippen molar-refractivity contribution in [1.82, 2.24) is 9.88 Å². The van der Waals surface area contributed by atoms with Crippen LogP contribution in [-0.4, -0.2) is 41.7 Å². The molecule has 0 saturated carbocycles. The molecule has 2 heterocycles. The van der Waals surface area contributed by atoms with Gasteiger partial charge in [-0.3, -0.25) is 4.79 Å². The topological polar surface area (TPSA) is 74.4 Å². The van der Waals surface area contributed by atoms with E-state index in [-0.39, 0.29) is 6.10 Å². The fourth-order valence-electron chi connectivity index (χ4n) is 2.40. The summed E-state index contributed by atoms with van der Waals surface area (Å²) >= 11 is 0. The molecule has 23 heavy (non-hydrogen) atoms. The lowest BCUT2D eigenvalue weighted by molar-refractivity contribution is -0.137. The molecule has 2 amide bonds. The van der Waals surface area contributed by atoms with Crippen molar-refractivity contribution in [2.75, 3.05) is 25.0 Å². The number of carbonyl (C=O) groups is 1. The Balaban J connectivity index is 2.02. The summed E-state index contributed by atoms with van der Waals surface area (Å²) in [7, 11) is 0. The van der Waals surface area contributed by atoms with E-state index < -0.39 is 29.0 Å². The molecule has 0 aliphatic carbocycles. The van der Waals surface area contributed by atoms with Gasteiger partial charge in [0.1, 0.15) is 5.69 Å². The number of alkyl halides is 3. The van der Waals surface area contributed by atoms with Crippen LogP contribution < -0.4 is 10.9 Å². The summed E-state index contributed by atoms with van der Waals surface area (Å²) in [4.78, 5) is 27.1. The molecule has 2 rings (SSSR count). The molecule has 1 aliphatic heterocycles. The minimum Gasteiger partial charge on any atom is -0.378 e. The number of pyridine rings is 1. The zero-order valence-electron chi connectivity index (χ0n) is 12.6. The standard InChI is InChI=1S/C14H18F3N3O3/c1-2-23-10-3-5-20(6-4-10)13(22)19-11-7-9(14(15,16)17)8-18-12(11)21/h7-8,10H,2-6H2,1H3,(H,18,21)(H,19,22). The Bertz CT molecular complexity index is 607. The van der Waals surface area contributed by atoms with E-state index in [4.69, 9.17) is 4.74 Å². The maximum atomic E-state index is 12.6. The van der Waals surface area contributed by atoms with Gasteiger partial charge in [-0.1, -0.05) is 0 Å². The Morgan fingerprint density at radius 3 is 2.65 bits per heavy atom. The highest BCUT2D eigenvalue weighted by Crippen LogP contribution is 2.29. The van der Waals surface area contributed by atoms with E-state index in [9.17, 15) is 22.8 Å². The molecular weight excluding hydrogens is 315 g/mol. The van der Waals surface area contributed by atoms with Crippen molar-refractivity contribution in [1.29, 1.82) is 0 Å². The minimum atomic E-state index is -4.60. The SMILES string of the molecule is CCOC1CCN(C(=O)Nc2cc(C(F)(F)F)c[nH]c2=O)CC1. The van der Waals surface area contributed by atoms with E-state index in [0.29, 0.717) is 44.8 Å². The van der Waals surface area contributed by atoms with Gasteiger partial charge in [-0.15, -0.1) is 0 Å². The van der Waals surface area contributed by atoms with Crippen molar-refractivity contribution >= 4 is 11.7 Å². The summed E-state index contributed by atoms with van der Waals surface area (Å²) in [5, 5.41) is 2.24. The Morgan fingerprint density at radius 1 is 1.43 bits per heavy atom. The normalized spacial score (nSPS) is 16.4. The second-order valence-electron chi connectivity index (χ2n) is 5.20. The van der Waals surface area contributed by atoms with Gasteiger partial charge in [-0.2, -0.15) is 13.2 Å². The lowest BCUT2D eigenvalue weighted by Gasteiger charge is -2.31. The molecule has 1 aromatic heterocycles. The predicted octanol–water partition coefficient (Wildman–Crippen LogP) is 2.43. The first-order chi connectivity index (χ1) is 10.8. The number of nitrogens with zero attached hydrogens (tertiary/aromatic N) is 1. The summed E-state index contributed by atoms with van der Waals surface area (Å²) in [6.07, 6.45) is -2.63. The molecule has 6 nitrogen and oxygen atoms in total. The molecule has 128 valence electrons. The van der Waals surface area contributed by atoms with Crippen molar-refractivity contribution in [3.8, 4) is 0 Å². The van der Waals surface area contributed by atoms with Gasteiger partial charge in [0.05, 0.1) is 11.7 Å². The number of anilines is 1. The number of likely N-dealkylation sites (tertiary alicyclic amines) is 1. The Kier molecular flexibility index (Phi) is 5.30. The summed E-state index contributed by atoms with van der Waals surface area (Å²) in [6, 6.07) is 0.0358. The quantitative estimate of drug-likeness (QED) is 0.892. The number of rotatable bonds is 3. The minimum absolute atomic E-state index is 0.0843. The first-order valence-corrected chi connectivity index (χ1v) is 7.28. The summed E-state index contributed by atoms with van der Waals surface area (Å²) in [5.41, 5.74) is -2.23. The van der Waals surface area contributed by atoms with Crippen molar-refractivity contribution in [3.63, 3.8) is 0 Å². The van der Waals surface area contributed by atoms with Gasteiger partial charge in [0.25, 0.3) is 5.56 Å². The van der Waals surface area contributed by atoms with Crippen LogP contribution in [0.25, 0.3) is 0 Å². The largest absolute Gasteiger partial charge is 0.417 e. The predicted molar refractivity (Wildman–Crippen MR) is 77.3 cm³/mol. The van der Waals surface area contributed by atoms with Crippen LogP contribution in [0.2, 0.25) is 0 Å². The van der Waals surface area contributed by atoms with Crippen LogP contribution in [0.1, 0.15) is 25.3 Å². The second-order valence-corrected chi connectivity index (χ2v) is 5.20. The zero-order chi connectivity index (χ0) is 17.0. The third-order valence-electron chi connectivity index (χ3n) is 3.60. The summed E-state index contributed by atoms with van der Waals surface area (Å²) in [5.74, 6) is 0. The molecule has 0 spiro atoms. The van der Waals surface area contributed by atoms with E-state index in [1.54, 1.807) is 0 Å². The highest BCUT2D eigenvalue weighted by molar-refractivity contribution is 5.89. The molecule has 0 unspecified atom stereocenters. The van der Waals surface area contributed by atoms with Crippen molar-refractivity contribution in [2.24, 2.45) is 0 Å². The number of urea groups is 1. The first kappa shape index (κ1) is 17.3. The number of aromatic nitrogens is 1. The Labute approximate surface area is 130 Å². The van der Waals surface area contributed by atoms with Gasteiger partial charge in [-0.05, 0) is 25.8 Å². The number of hydrogen-bond donors (Lipinski definition) is 2. The smallest absolute Gasteiger partial charge is 0.378 e. The average Bonchev–Trinajstić information content (AvgIpc) is 2.49. The maximum absolute atomic E-state index is 12.6. The number of amides is 2. The average molecular weight is 333 g/mol. The van der Waals surface area contributed by atoms with Crippen LogP contribution in [0.4, 0.5) is 23.7 Å². The highest BCUT2D eigenvalue weighted by Gasteiger charge is 2.32. The molecule has 0 aromatic carbocycles. The fourth-order valence-corrected chi connectivity index (χ4v) is 2.40. The molecular formula is C14H18F3N3O3. The van der Waals surface area contributed by atoms with Crippen LogP contribution in [-0.2, 0) is 10.9 Å². The number of H-pyrrole nitrogens is 1. The third kappa shape index (κ3) is 4.47. The van der Waals surface area contributed by atoms with Gasteiger partial charge in [0, 0.05) is 25.9 Å². The van der Waals surface area contributed by atoms with E-state index in [2.05, 4.69) is 5.32 Å². The van der Waals surface area contributed by atoms with Crippen LogP contribution in [0.5, 0.6) is 0 Å². The lowest BCUT2D eigenvalue weighted by Crippen LogP contribution is -2.43. The summed E-state index contributed by atoms with van der Waals surface area (Å²) < 4.78 is 43.4. The van der Waals surface area contributed by atoms with Crippen molar-refractivity contribution in [3.05, 3.63) is 28.2 Å². The number of halogens is 3. The van der Waals surface area contributed by atoms with Crippen LogP contribution in [0.3, 0.4) is 0 Å². The monoisotopic (exact) mass is 333 g/mol. The van der Waals surface area contributed by atoms with Gasteiger partial charge < -0.3 is 19.9 Å². The maximum Gasteiger partial charge on any atom is 0.417 e. The molecule has 1 saturated heterocycles. The molecule has 1 fully saturated rings. The van der Waals surface area contributed by atoms with Gasteiger partial charge >= 0.3 is 12.2 Å². The number of piperidine rings is 1. The van der Waals surface area contributed by atoms with Gasteiger partial charge in [0.15, 0.2) is 0 Å². The Morgan fingerprint density at radius 2 is 2.09 bits per heavy atom. The van der Waals surface area contributed by atoms with Crippen LogP contribution in [0.15, 0.2) is 17.1 Å². The highest BCUT2D eigenvalue weighted by atomic mass is 19.4. The van der Waals surface area contributed by atoms with Crippen molar-refractivity contribution < 1.29 is 22.7 Å². The van der Waals surface area contributed by atoms with E-state index in [1.165, 1.54) is 4.90 Å².